The number of rotatable bonds is 3. The third-order valence-corrected chi connectivity index (χ3v) is 6.00. The topological polar surface area (TPSA) is 105 Å². The number of halogens is 4. The van der Waals surface area contributed by atoms with Crippen LogP contribution in [0.3, 0.4) is 0 Å². The maximum Gasteiger partial charge on any atom is 0.418 e. The SMILES string of the molecule is NC1=NC(=O)/C(=C2\C(=O)N(CC(=O)Nc3ccccc3C(F)(F)F)c3ccc(Br)cc32)S1. The molecule has 0 atom stereocenters. The quantitative estimate of drug-likeness (QED) is 0.595. The second kappa shape index (κ2) is 8.10. The lowest BCUT2D eigenvalue weighted by Crippen LogP contribution is -2.35. The van der Waals surface area contributed by atoms with E-state index in [1.165, 1.54) is 12.1 Å². The Bertz CT molecular complexity index is 1240. The molecule has 2 aromatic rings. The van der Waals surface area contributed by atoms with Crippen molar-refractivity contribution in [1.29, 1.82) is 0 Å². The molecule has 0 radical (unpaired) electrons. The number of aliphatic imine (C=N–C) groups is 1. The lowest BCUT2D eigenvalue weighted by atomic mass is 10.1. The van der Waals surface area contributed by atoms with Crippen molar-refractivity contribution in [3.05, 3.63) is 63.0 Å². The van der Waals surface area contributed by atoms with Gasteiger partial charge in [0.25, 0.3) is 11.8 Å². The minimum absolute atomic E-state index is 0.0122. The van der Waals surface area contributed by atoms with Gasteiger partial charge in [0, 0.05) is 10.0 Å². The molecule has 12 heteroatoms. The van der Waals surface area contributed by atoms with E-state index in [0.717, 1.165) is 28.8 Å². The van der Waals surface area contributed by atoms with Crippen molar-refractivity contribution in [2.45, 2.75) is 6.18 Å². The Kier molecular flexibility index (Phi) is 5.59. The van der Waals surface area contributed by atoms with Gasteiger partial charge in [-0.1, -0.05) is 28.1 Å². The highest BCUT2D eigenvalue weighted by Gasteiger charge is 2.40. The molecule has 32 heavy (non-hydrogen) atoms. The zero-order valence-corrected chi connectivity index (χ0v) is 18.3. The van der Waals surface area contributed by atoms with Crippen molar-refractivity contribution in [2.24, 2.45) is 10.7 Å². The number of anilines is 2. The number of hydrogen-bond acceptors (Lipinski definition) is 5. The van der Waals surface area contributed by atoms with E-state index in [2.05, 4.69) is 26.2 Å². The van der Waals surface area contributed by atoms with Gasteiger partial charge in [0.2, 0.25) is 5.91 Å². The van der Waals surface area contributed by atoms with Gasteiger partial charge in [-0.2, -0.15) is 18.2 Å². The predicted molar refractivity (Wildman–Crippen MR) is 118 cm³/mol. The first kappa shape index (κ1) is 22.1. The Labute approximate surface area is 191 Å². The van der Waals surface area contributed by atoms with Crippen molar-refractivity contribution in [3.63, 3.8) is 0 Å². The average molecular weight is 525 g/mol. The third-order valence-electron chi connectivity index (χ3n) is 4.63. The third kappa shape index (κ3) is 4.02. The van der Waals surface area contributed by atoms with E-state index in [1.54, 1.807) is 18.2 Å². The van der Waals surface area contributed by atoms with Gasteiger partial charge in [0.05, 0.1) is 27.4 Å². The standard InChI is InChI=1S/C20H12BrF3N4O3S/c21-9-5-6-13-10(7-9)15(16-17(30)27-19(25)32-16)18(31)28(13)8-14(29)26-12-4-2-1-3-11(12)20(22,23)24/h1-7H,8H2,(H,26,29)(H2,25,27,30)/b16-15+. The number of alkyl halides is 3. The van der Waals surface area contributed by atoms with Crippen LogP contribution in [0.2, 0.25) is 0 Å². The van der Waals surface area contributed by atoms with Gasteiger partial charge in [-0.15, -0.1) is 0 Å². The Hall–Kier alpha value is -3.12. The number of amides is 3. The predicted octanol–water partition coefficient (Wildman–Crippen LogP) is 3.75. The van der Waals surface area contributed by atoms with Crippen LogP contribution in [0.15, 0.2) is 56.8 Å². The molecule has 2 aliphatic rings. The number of carbonyl (C=O) groups is 3. The van der Waals surface area contributed by atoms with Crippen LogP contribution in [-0.2, 0) is 20.6 Å². The zero-order valence-electron chi connectivity index (χ0n) is 15.9. The van der Waals surface area contributed by atoms with Gasteiger partial charge in [0.15, 0.2) is 5.17 Å². The molecule has 3 amide bonds. The molecule has 0 unspecified atom stereocenters. The van der Waals surface area contributed by atoms with Crippen LogP contribution >= 0.6 is 27.7 Å². The molecule has 2 aliphatic heterocycles. The summed E-state index contributed by atoms with van der Waals surface area (Å²) in [5.41, 5.74) is 4.92. The molecule has 2 heterocycles. The van der Waals surface area contributed by atoms with Crippen LogP contribution < -0.4 is 16.0 Å². The first-order valence-electron chi connectivity index (χ1n) is 8.94. The van der Waals surface area contributed by atoms with E-state index < -0.39 is 41.7 Å². The molecule has 0 spiro atoms. The molecule has 0 saturated heterocycles. The molecule has 2 aromatic carbocycles. The van der Waals surface area contributed by atoms with Gasteiger partial charge in [-0.25, -0.2) is 0 Å². The van der Waals surface area contributed by atoms with Crippen LogP contribution in [0.25, 0.3) is 5.57 Å². The summed E-state index contributed by atoms with van der Waals surface area (Å²) in [7, 11) is 0. The van der Waals surface area contributed by atoms with E-state index in [-0.39, 0.29) is 15.6 Å². The summed E-state index contributed by atoms with van der Waals surface area (Å²) >= 11 is 4.15. The number of nitrogens with zero attached hydrogens (tertiary/aromatic N) is 2. The number of fused-ring (bicyclic) bond motifs is 1. The van der Waals surface area contributed by atoms with E-state index in [1.807, 2.05) is 0 Å². The van der Waals surface area contributed by atoms with Crippen LogP contribution in [0.5, 0.6) is 0 Å². The summed E-state index contributed by atoms with van der Waals surface area (Å²) < 4.78 is 40.3. The second-order valence-electron chi connectivity index (χ2n) is 6.71. The van der Waals surface area contributed by atoms with Gasteiger partial charge < -0.3 is 11.1 Å². The largest absolute Gasteiger partial charge is 0.418 e. The van der Waals surface area contributed by atoms with Crippen LogP contribution in [0.1, 0.15) is 11.1 Å². The maximum atomic E-state index is 13.2. The monoisotopic (exact) mass is 524 g/mol. The number of hydrogen-bond donors (Lipinski definition) is 2. The molecule has 4 rings (SSSR count). The fraction of sp³-hybridized carbons (Fsp3) is 0.100. The number of amidine groups is 1. The maximum absolute atomic E-state index is 13.2. The van der Waals surface area contributed by atoms with Gasteiger partial charge in [-0.05, 0) is 42.1 Å². The van der Waals surface area contributed by atoms with E-state index >= 15 is 0 Å². The minimum Gasteiger partial charge on any atom is -0.378 e. The molecule has 0 aliphatic carbocycles. The number of nitrogens with two attached hydrogens (primary N) is 1. The van der Waals surface area contributed by atoms with Crippen molar-refractivity contribution < 1.29 is 27.6 Å². The van der Waals surface area contributed by atoms with Crippen molar-refractivity contribution in [2.75, 3.05) is 16.8 Å². The Morgan fingerprint density at radius 3 is 2.56 bits per heavy atom. The molecule has 164 valence electrons. The number of benzene rings is 2. The highest BCUT2D eigenvalue weighted by Crippen LogP contribution is 2.44. The fourth-order valence-electron chi connectivity index (χ4n) is 3.33. The molecule has 0 fully saturated rings. The number of para-hydroxylation sites is 1. The number of thioether (sulfide) groups is 1. The highest BCUT2D eigenvalue weighted by molar-refractivity contribution is 9.10. The number of carbonyl (C=O) groups excluding carboxylic acids is 3. The number of nitrogens with one attached hydrogen (secondary N) is 1. The van der Waals surface area contributed by atoms with Crippen LogP contribution in [0.4, 0.5) is 24.5 Å². The smallest absolute Gasteiger partial charge is 0.378 e. The Morgan fingerprint density at radius 1 is 1.19 bits per heavy atom. The molecular formula is C20H12BrF3N4O3S. The summed E-state index contributed by atoms with van der Waals surface area (Å²) in [5.74, 6) is -2.17. The summed E-state index contributed by atoms with van der Waals surface area (Å²) in [5, 5.41) is 2.20. The highest BCUT2D eigenvalue weighted by atomic mass is 79.9. The molecule has 3 N–H and O–H groups in total. The molecule has 7 nitrogen and oxygen atoms in total. The van der Waals surface area contributed by atoms with Gasteiger partial charge >= 0.3 is 6.18 Å². The van der Waals surface area contributed by atoms with E-state index in [9.17, 15) is 27.6 Å². The zero-order chi connectivity index (χ0) is 23.2. The van der Waals surface area contributed by atoms with Crippen molar-refractivity contribution in [1.82, 2.24) is 0 Å². The second-order valence-corrected chi connectivity index (χ2v) is 8.65. The van der Waals surface area contributed by atoms with Gasteiger partial charge in [-0.3, -0.25) is 19.3 Å². The fourth-order valence-corrected chi connectivity index (χ4v) is 4.46. The first-order valence-corrected chi connectivity index (χ1v) is 10.6. The molecular weight excluding hydrogens is 513 g/mol. The summed E-state index contributed by atoms with van der Waals surface area (Å²) in [6.45, 7) is -0.564. The van der Waals surface area contributed by atoms with E-state index in [0.29, 0.717) is 15.7 Å². The lowest BCUT2D eigenvalue weighted by Gasteiger charge is -2.18. The van der Waals surface area contributed by atoms with Crippen molar-refractivity contribution in [3.8, 4) is 0 Å². The van der Waals surface area contributed by atoms with Crippen LogP contribution in [0, 0.1) is 0 Å². The van der Waals surface area contributed by atoms with Crippen LogP contribution in [-0.4, -0.2) is 29.4 Å². The summed E-state index contributed by atoms with van der Waals surface area (Å²) in [6.07, 6.45) is -4.66. The summed E-state index contributed by atoms with van der Waals surface area (Å²) in [6, 6.07) is 9.34. The lowest BCUT2D eigenvalue weighted by molar-refractivity contribution is -0.137. The molecule has 0 saturated carbocycles. The molecule has 0 bridgehead atoms. The Morgan fingerprint density at radius 2 is 1.91 bits per heavy atom. The minimum atomic E-state index is -4.66. The van der Waals surface area contributed by atoms with Crippen molar-refractivity contribution >= 4 is 67.5 Å². The normalized spacial score (nSPS) is 18.1. The van der Waals surface area contributed by atoms with Gasteiger partial charge in [0.1, 0.15) is 6.54 Å². The Balaban J connectivity index is 1.66. The first-order chi connectivity index (χ1) is 15.1. The summed E-state index contributed by atoms with van der Waals surface area (Å²) in [4.78, 5) is 42.7. The molecule has 0 aromatic heterocycles. The van der Waals surface area contributed by atoms with E-state index in [4.69, 9.17) is 5.73 Å². The average Bonchev–Trinajstić information content (AvgIpc) is 3.16.